The second-order valence-electron chi connectivity index (χ2n) is 8.75. The predicted octanol–water partition coefficient (Wildman–Crippen LogP) is 3.19. The Kier molecular flexibility index (Phi) is 9.64. The van der Waals surface area contributed by atoms with Gasteiger partial charge < -0.3 is 10.1 Å². The van der Waals surface area contributed by atoms with E-state index in [1.807, 2.05) is 26.0 Å². The van der Waals surface area contributed by atoms with Crippen molar-refractivity contribution in [1.29, 1.82) is 0 Å². The third-order valence-electron chi connectivity index (χ3n) is 6.12. The normalized spacial score (nSPS) is 17.1. The SMILES string of the molecule is CCN(CC)S(=O)(=O)c1ccc(CCC(=O)NCc2cccc(CN3CCOC(C)C3)c2)cc1. The Bertz CT molecular complexity index is 1040. The van der Waals surface area contributed by atoms with E-state index in [1.54, 1.807) is 24.3 Å². The van der Waals surface area contributed by atoms with Crippen molar-refractivity contribution in [2.75, 3.05) is 32.8 Å². The van der Waals surface area contributed by atoms with E-state index in [0.717, 1.165) is 37.4 Å². The van der Waals surface area contributed by atoms with E-state index < -0.39 is 10.0 Å². The average molecular weight is 488 g/mol. The molecule has 1 aliphatic heterocycles. The molecule has 2 aromatic rings. The molecule has 34 heavy (non-hydrogen) atoms. The minimum atomic E-state index is -3.46. The van der Waals surface area contributed by atoms with Gasteiger partial charge >= 0.3 is 0 Å². The molecule has 1 saturated heterocycles. The van der Waals surface area contributed by atoms with E-state index in [2.05, 4.69) is 29.3 Å². The fraction of sp³-hybridized carbons (Fsp3) is 0.500. The zero-order chi connectivity index (χ0) is 24.6. The first-order valence-electron chi connectivity index (χ1n) is 12.1. The lowest BCUT2D eigenvalue weighted by atomic mass is 10.1. The van der Waals surface area contributed by atoms with Gasteiger partial charge in [0.1, 0.15) is 0 Å². The fourth-order valence-electron chi connectivity index (χ4n) is 4.22. The molecule has 0 saturated carbocycles. The van der Waals surface area contributed by atoms with E-state index in [0.29, 0.717) is 32.5 Å². The number of nitrogens with one attached hydrogen (secondary N) is 1. The highest BCUT2D eigenvalue weighted by molar-refractivity contribution is 7.89. The van der Waals surface area contributed by atoms with Crippen LogP contribution in [-0.4, -0.2) is 62.4 Å². The van der Waals surface area contributed by atoms with Crippen LogP contribution in [0.15, 0.2) is 53.4 Å². The van der Waals surface area contributed by atoms with Crippen molar-refractivity contribution < 1.29 is 17.9 Å². The lowest BCUT2D eigenvalue weighted by Gasteiger charge is -2.31. The number of morpholine rings is 1. The summed E-state index contributed by atoms with van der Waals surface area (Å²) >= 11 is 0. The van der Waals surface area contributed by atoms with E-state index in [-0.39, 0.29) is 16.9 Å². The Morgan fingerprint density at radius 3 is 2.47 bits per heavy atom. The molecule has 3 rings (SSSR count). The van der Waals surface area contributed by atoms with Crippen molar-refractivity contribution in [3.63, 3.8) is 0 Å². The second-order valence-corrected chi connectivity index (χ2v) is 10.7. The zero-order valence-electron chi connectivity index (χ0n) is 20.5. The number of aryl methyl sites for hydroxylation is 1. The van der Waals surface area contributed by atoms with Crippen molar-refractivity contribution >= 4 is 15.9 Å². The summed E-state index contributed by atoms with van der Waals surface area (Å²) in [4.78, 5) is 15.1. The molecule has 0 radical (unpaired) electrons. The summed E-state index contributed by atoms with van der Waals surface area (Å²) in [6, 6.07) is 15.2. The maximum atomic E-state index is 12.6. The maximum absolute atomic E-state index is 12.6. The molecule has 1 amide bonds. The molecule has 0 bridgehead atoms. The van der Waals surface area contributed by atoms with E-state index in [4.69, 9.17) is 4.74 Å². The molecule has 1 heterocycles. The van der Waals surface area contributed by atoms with Crippen molar-refractivity contribution in [1.82, 2.24) is 14.5 Å². The first-order valence-corrected chi connectivity index (χ1v) is 13.5. The highest BCUT2D eigenvalue weighted by Gasteiger charge is 2.21. The van der Waals surface area contributed by atoms with Gasteiger partial charge in [0.2, 0.25) is 15.9 Å². The number of benzene rings is 2. The topological polar surface area (TPSA) is 79.0 Å². The number of hydrogen-bond acceptors (Lipinski definition) is 5. The number of carbonyl (C=O) groups excluding carboxylic acids is 1. The summed E-state index contributed by atoms with van der Waals surface area (Å²) in [5.74, 6) is -0.0211. The van der Waals surface area contributed by atoms with Crippen LogP contribution in [0.3, 0.4) is 0 Å². The van der Waals surface area contributed by atoms with Gasteiger partial charge in [0.05, 0.1) is 17.6 Å². The summed E-state index contributed by atoms with van der Waals surface area (Å²) in [6.45, 7) is 10.7. The second kappa shape index (κ2) is 12.4. The average Bonchev–Trinajstić information content (AvgIpc) is 2.82. The fourth-order valence-corrected chi connectivity index (χ4v) is 5.68. The van der Waals surface area contributed by atoms with Crippen LogP contribution < -0.4 is 5.32 Å². The highest BCUT2D eigenvalue weighted by atomic mass is 32.2. The Labute approximate surface area is 204 Å². The number of hydrogen-bond donors (Lipinski definition) is 1. The number of ether oxygens (including phenoxy) is 1. The molecule has 0 aromatic heterocycles. The number of carbonyl (C=O) groups is 1. The molecule has 1 unspecified atom stereocenters. The van der Waals surface area contributed by atoms with Gasteiger partial charge in [-0.05, 0) is 42.2 Å². The molecular formula is C26H37N3O4S. The van der Waals surface area contributed by atoms with E-state index in [1.165, 1.54) is 9.87 Å². The first kappa shape index (κ1) is 26.3. The molecule has 1 aliphatic rings. The van der Waals surface area contributed by atoms with Crippen LogP contribution >= 0.6 is 0 Å². The molecule has 2 aromatic carbocycles. The van der Waals surface area contributed by atoms with Crippen molar-refractivity contribution in [2.24, 2.45) is 0 Å². The van der Waals surface area contributed by atoms with Crippen molar-refractivity contribution in [3.05, 3.63) is 65.2 Å². The molecule has 0 spiro atoms. The summed E-state index contributed by atoms with van der Waals surface area (Å²) in [5.41, 5.74) is 3.26. The third kappa shape index (κ3) is 7.37. The predicted molar refractivity (Wildman–Crippen MR) is 134 cm³/mol. The summed E-state index contributed by atoms with van der Waals surface area (Å²) in [6.07, 6.45) is 1.18. The molecule has 186 valence electrons. The molecule has 0 aliphatic carbocycles. The van der Waals surface area contributed by atoms with Crippen LogP contribution in [0.1, 0.15) is 43.9 Å². The number of rotatable bonds is 11. The van der Waals surface area contributed by atoms with Crippen LogP contribution in [0.2, 0.25) is 0 Å². The molecule has 1 atom stereocenters. The number of nitrogens with zero attached hydrogens (tertiary/aromatic N) is 2. The summed E-state index contributed by atoms with van der Waals surface area (Å²) < 4.78 is 32.2. The van der Waals surface area contributed by atoms with Crippen LogP contribution in [-0.2, 0) is 39.1 Å². The Hall–Kier alpha value is -2.26. The van der Waals surface area contributed by atoms with Crippen molar-refractivity contribution in [2.45, 2.75) is 57.7 Å². The van der Waals surface area contributed by atoms with E-state index in [9.17, 15) is 13.2 Å². The smallest absolute Gasteiger partial charge is 0.243 e. The lowest BCUT2D eigenvalue weighted by molar-refractivity contribution is -0.121. The standard InChI is InChI=1S/C26H37N3O4S/c1-4-29(5-2)34(31,32)25-12-9-22(10-13-25)11-14-26(30)27-18-23-7-6-8-24(17-23)20-28-15-16-33-21(3)19-28/h6-10,12-13,17,21H,4-5,11,14-16,18-20H2,1-3H3,(H,27,30). The highest BCUT2D eigenvalue weighted by Crippen LogP contribution is 2.17. The summed E-state index contributed by atoms with van der Waals surface area (Å²) in [5, 5.41) is 3.00. The van der Waals surface area contributed by atoms with E-state index >= 15 is 0 Å². The van der Waals surface area contributed by atoms with Crippen LogP contribution in [0, 0.1) is 0 Å². The molecular weight excluding hydrogens is 450 g/mol. The van der Waals surface area contributed by atoms with Gasteiger partial charge in [0.25, 0.3) is 0 Å². The van der Waals surface area contributed by atoms with Crippen LogP contribution in [0.5, 0.6) is 0 Å². The van der Waals surface area contributed by atoms with Crippen LogP contribution in [0.25, 0.3) is 0 Å². The molecule has 1 N–H and O–H groups in total. The monoisotopic (exact) mass is 487 g/mol. The minimum Gasteiger partial charge on any atom is -0.376 e. The maximum Gasteiger partial charge on any atom is 0.243 e. The number of amides is 1. The Morgan fingerprint density at radius 1 is 1.09 bits per heavy atom. The Morgan fingerprint density at radius 2 is 1.79 bits per heavy atom. The zero-order valence-corrected chi connectivity index (χ0v) is 21.3. The lowest BCUT2D eigenvalue weighted by Crippen LogP contribution is -2.40. The molecule has 7 nitrogen and oxygen atoms in total. The molecule has 1 fully saturated rings. The largest absolute Gasteiger partial charge is 0.376 e. The van der Waals surface area contributed by atoms with Gasteiger partial charge in [-0.25, -0.2) is 8.42 Å². The first-order chi connectivity index (χ1) is 16.3. The van der Waals surface area contributed by atoms with Crippen LogP contribution in [0.4, 0.5) is 0 Å². The number of sulfonamides is 1. The van der Waals surface area contributed by atoms with Gasteiger partial charge in [-0.1, -0.05) is 50.2 Å². The Balaban J connectivity index is 1.46. The minimum absolute atomic E-state index is 0.0211. The van der Waals surface area contributed by atoms with Gasteiger partial charge in [-0.2, -0.15) is 4.31 Å². The van der Waals surface area contributed by atoms with Gasteiger partial charge in [-0.3, -0.25) is 9.69 Å². The quantitative estimate of drug-likeness (QED) is 0.527. The molecule has 8 heteroatoms. The third-order valence-corrected chi connectivity index (χ3v) is 8.18. The van der Waals surface area contributed by atoms with Gasteiger partial charge in [-0.15, -0.1) is 0 Å². The van der Waals surface area contributed by atoms with Crippen molar-refractivity contribution in [3.8, 4) is 0 Å². The van der Waals surface area contributed by atoms with Gasteiger partial charge in [0, 0.05) is 45.7 Å². The van der Waals surface area contributed by atoms with Gasteiger partial charge in [0.15, 0.2) is 0 Å². The summed E-state index contributed by atoms with van der Waals surface area (Å²) in [7, 11) is -3.46.